The number of hydrogen-bond acceptors (Lipinski definition) is 3. The quantitative estimate of drug-likeness (QED) is 0.792. The second-order valence-electron chi connectivity index (χ2n) is 3.67. The van der Waals surface area contributed by atoms with Crippen molar-refractivity contribution in [2.24, 2.45) is 0 Å². The summed E-state index contributed by atoms with van der Waals surface area (Å²) >= 11 is 0. The third-order valence-electron chi connectivity index (χ3n) is 2.61. The summed E-state index contributed by atoms with van der Waals surface area (Å²) in [6, 6.07) is 4.59. The SMILES string of the molecule is c1coc(CCNC2CCOCC2)c1. The topological polar surface area (TPSA) is 34.4 Å². The van der Waals surface area contributed by atoms with E-state index in [9.17, 15) is 0 Å². The molecule has 1 N–H and O–H groups in total. The highest BCUT2D eigenvalue weighted by molar-refractivity contribution is 4.98. The molecule has 1 aliphatic heterocycles. The minimum Gasteiger partial charge on any atom is -0.469 e. The lowest BCUT2D eigenvalue weighted by Gasteiger charge is -2.22. The minimum atomic E-state index is 0.638. The van der Waals surface area contributed by atoms with Gasteiger partial charge in [0.15, 0.2) is 0 Å². The van der Waals surface area contributed by atoms with E-state index < -0.39 is 0 Å². The molecule has 0 saturated carbocycles. The lowest BCUT2D eigenvalue weighted by Crippen LogP contribution is -2.35. The summed E-state index contributed by atoms with van der Waals surface area (Å²) in [5.74, 6) is 1.06. The van der Waals surface area contributed by atoms with Crippen molar-refractivity contribution in [1.82, 2.24) is 5.32 Å². The second-order valence-corrected chi connectivity index (χ2v) is 3.67. The van der Waals surface area contributed by atoms with Gasteiger partial charge in [0.2, 0.25) is 0 Å². The maximum atomic E-state index is 5.29. The van der Waals surface area contributed by atoms with Crippen LogP contribution in [0, 0.1) is 0 Å². The fraction of sp³-hybridized carbons (Fsp3) is 0.636. The highest BCUT2D eigenvalue weighted by Crippen LogP contribution is 2.06. The molecule has 78 valence electrons. The van der Waals surface area contributed by atoms with E-state index in [2.05, 4.69) is 5.32 Å². The Hall–Kier alpha value is -0.800. The van der Waals surface area contributed by atoms with Crippen molar-refractivity contribution < 1.29 is 9.15 Å². The van der Waals surface area contributed by atoms with Crippen LogP contribution in [0.1, 0.15) is 18.6 Å². The largest absolute Gasteiger partial charge is 0.469 e. The van der Waals surface area contributed by atoms with Crippen LogP contribution in [-0.4, -0.2) is 25.8 Å². The molecular formula is C11H17NO2. The molecule has 3 heteroatoms. The zero-order valence-electron chi connectivity index (χ0n) is 8.37. The molecule has 0 aromatic carbocycles. The van der Waals surface area contributed by atoms with Gasteiger partial charge in [0.05, 0.1) is 6.26 Å². The van der Waals surface area contributed by atoms with Gasteiger partial charge < -0.3 is 14.5 Å². The minimum absolute atomic E-state index is 0.638. The first-order valence-electron chi connectivity index (χ1n) is 5.28. The maximum Gasteiger partial charge on any atom is 0.105 e. The van der Waals surface area contributed by atoms with Gasteiger partial charge in [0.1, 0.15) is 5.76 Å². The van der Waals surface area contributed by atoms with E-state index >= 15 is 0 Å². The van der Waals surface area contributed by atoms with Crippen LogP contribution in [0.15, 0.2) is 22.8 Å². The fourth-order valence-electron chi connectivity index (χ4n) is 1.76. The molecular weight excluding hydrogens is 178 g/mol. The summed E-state index contributed by atoms with van der Waals surface area (Å²) in [6.45, 7) is 2.80. The monoisotopic (exact) mass is 195 g/mol. The molecule has 0 amide bonds. The molecule has 1 fully saturated rings. The Morgan fingerprint density at radius 2 is 2.21 bits per heavy atom. The van der Waals surface area contributed by atoms with Crippen LogP contribution in [0.4, 0.5) is 0 Å². The van der Waals surface area contributed by atoms with Crippen LogP contribution in [0.2, 0.25) is 0 Å². The van der Waals surface area contributed by atoms with Crippen molar-refractivity contribution in [2.45, 2.75) is 25.3 Å². The predicted molar refractivity (Wildman–Crippen MR) is 54.3 cm³/mol. The molecule has 1 aliphatic rings. The Morgan fingerprint density at radius 3 is 2.93 bits per heavy atom. The average molecular weight is 195 g/mol. The van der Waals surface area contributed by atoms with Crippen LogP contribution in [0.25, 0.3) is 0 Å². The Kier molecular flexibility index (Phi) is 3.60. The van der Waals surface area contributed by atoms with E-state index in [0.29, 0.717) is 6.04 Å². The maximum absolute atomic E-state index is 5.29. The molecule has 1 aromatic rings. The summed E-state index contributed by atoms with van der Waals surface area (Å²) in [5, 5.41) is 3.52. The summed E-state index contributed by atoms with van der Waals surface area (Å²) in [6.07, 6.45) is 4.98. The Labute approximate surface area is 84.4 Å². The van der Waals surface area contributed by atoms with Crippen LogP contribution >= 0.6 is 0 Å². The molecule has 0 radical (unpaired) electrons. The molecule has 0 bridgehead atoms. The van der Waals surface area contributed by atoms with Crippen molar-refractivity contribution in [3.8, 4) is 0 Å². The summed E-state index contributed by atoms with van der Waals surface area (Å²) in [5.41, 5.74) is 0. The van der Waals surface area contributed by atoms with Crippen LogP contribution in [-0.2, 0) is 11.2 Å². The fourth-order valence-corrected chi connectivity index (χ4v) is 1.76. The highest BCUT2D eigenvalue weighted by Gasteiger charge is 2.12. The van der Waals surface area contributed by atoms with Gasteiger partial charge in [-0.2, -0.15) is 0 Å². The van der Waals surface area contributed by atoms with E-state index in [0.717, 1.165) is 44.8 Å². The van der Waals surface area contributed by atoms with E-state index in [1.165, 1.54) is 0 Å². The van der Waals surface area contributed by atoms with E-state index in [1.807, 2.05) is 12.1 Å². The van der Waals surface area contributed by atoms with Crippen molar-refractivity contribution in [3.05, 3.63) is 24.2 Å². The molecule has 1 saturated heterocycles. The first-order chi connectivity index (χ1) is 6.95. The smallest absolute Gasteiger partial charge is 0.105 e. The Bertz CT molecular complexity index is 240. The standard InChI is InChI=1S/C11H17NO2/c1-2-11(14-7-1)3-6-12-10-4-8-13-9-5-10/h1-2,7,10,12H,3-6,8-9H2. The highest BCUT2D eigenvalue weighted by atomic mass is 16.5. The van der Waals surface area contributed by atoms with Crippen LogP contribution < -0.4 is 5.32 Å². The molecule has 1 aromatic heterocycles. The molecule has 14 heavy (non-hydrogen) atoms. The molecule has 3 nitrogen and oxygen atoms in total. The van der Waals surface area contributed by atoms with Gasteiger partial charge in [-0.3, -0.25) is 0 Å². The Morgan fingerprint density at radius 1 is 1.36 bits per heavy atom. The second kappa shape index (κ2) is 5.17. The summed E-state index contributed by atoms with van der Waals surface area (Å²) in [4.78, 5) is 0. The van der Waals surface area contributed by atoms with Gasteiger partial charge in [-0.05, 0) is 25.0 Å². The molecule has 0 spiro atoms. The molecule has 0 unspecified atom stereocenters. The molecule has 2 heterocycles. The normalized spacial score (nSPS) is 18.6. The van der Waals surface area contributed by atoms with Crippen LogP contribution in [0.3, 0.4) is 0 Å². The van der Waals surface area contributed by atoms with Gasteiger partial charge >= 0.3 is 0 Å². The van der Waals surface area contributed by atoms with Crippen molar-refractivity contribution >= 4 is 0 Å². The lowest BCUT2D eigenvalue weighted by atomic mass is 10.1. The Balaban J connectivity index is 1.62. The van der Waals surface area contributed by atoms with Crippen molar-refractivity contribution in [2.75, 3.05) is 19.8 Å². The predicted octanol–water partition coefficient (Wildman–Crippen LogP) is 1.59. The third-order valence-corrected chi connectivity index (χ3v) is 2.61. The third kappa shape index (κ3) is 2.86. The molecule has 0 aliphatic carbocycles. The van der Waals surface area contributed by atoms with Gasteiger partial charge in [0.25, 0.3) is 0 Å². The number of nitrogens with one attached hydrogen (secondary N) is 1. The van der Waals surface area contributed by atoms with E-state index in [4.69, 9.17) is 9.15 Å². The zero-order valence-corrected chi connectivity index (χ0v) is 8.37. The van der Waals surface area contributed by atoms with Gasteiger partial charge in [-0.1, -0.05) is 0 Å². The van der Waals surface area contributed by atoms with Crippen LogP contribution in [0.5, 0.6) is 0 Å². The number of rotatable bonds is 4. The van der Waals surface area contributed by atoms with Gasteiger partial charge in [-0.25, -0.2) is 0 Å². The molecule has 0 atom stereocenters. The molecule has 2 rings (SSSR count). The summed E-state index contributed by atoms with van der Waals surface area (Å²) in [7, 11) is 0. The van der Waals surface area contributed by atoms with E-state index in [-0.39, 0.29) is 0 Å². The average Bonchev–Trinajstić information content (AvgIpc) is 2.72. The van der Waals surface area contributed by atoms with Gasteiger partial charge in [0, 0.05) is 32.2 Å². The van der Waals surface area contributed by atoms with Crippen molar-refractivity contribution in [1.29, 1.82) is 0 Å². The lowest BCUT2D eigenvalue weighted by molar-refractivity contribution is 0.0781. The first kappa shape index (κ1) is 9.74. The van der Waals surface area contributed by atoms with Crippen molar-refractivity contribution in [3.63, 3.8) is 0 Å². The number of ether oxygens (including phenoxy) is 1. The number of hydrogen-bond donors (Lipinski definition) is 1. The van der Waals surface area contributed by atoms with E-state index in [1.54, 1.807) is 6.26 Å². The zero-order chi connectivity index (χ0) is 9.64. The first-order valence-corrected chi connectivity index (χ1v) is 5.28. The summed E-state index contributed by atoms with van der Waals surface area (Å²) < 4.78 is 10.6. The number of furan rings is 1. The van der Waals surface area contributed by atoms with Gasteiger partial charge in [-0.15, -0.1) is 0 Å².